The predicted octanol–water partition coefficient (Wildman–Crippen LogP) is 11.4. The second kappa shape index (κ2) is 9.66. The average molecular weight is 522 g/mol. The molecule has 0 N–H and O–H groups in total. The lowest BCUT2D eigenvalue weighted by Gasteiger charge is -2.29. The fraction of sp³-hybridized carbons (Fsp3) is 0. The van der Waals surface area contributed by atoms with Gasteiger partial charge in [0.05, 0.1) is 5.69 Å². The van der Waals surface area contributed by atoms with Crippen molar-refractivity contribution < 1.29 is 0 Å². The highest BCUT2D eigenvalue weighted by atomic mass is 15.1. The van der Waals surface area contributed by atoms with Crippen molar-refractivity contribution in [2.75, 3.05) is 4.90 Å². The summed E-state index contributed by atoms with van der Waals surface area (Å²) in [5.74, 6) is 0. The molecule has 1 nitrogen and oxygen atoms in total. The van der Waals surface area contributed by atoms with Crippen LogP contribution < -0.4 is 4.90 Å². The molecule has 0 saturated carbocycles. The van der Waals surface area contributed by atoms with Crippen LogP contribution in [0.4, 0.5) is 17.1 Å². The lowest BCUT2D eigenvalue weighted by atomic mass is 9.85. The van der Waals surface area contributed by atoms with E-state index < -0.39 is 0 Å². The summed E-state index contributed by atoms with van der Waals surface area (Å²) in [5.41, 5.74) is 6.05. The normalized spacial score (nSPS) is 11.4. The Kier molecular flexibility index (Phi) is 5.53. The molecule has 0 amide bonds. The van der Waals surface area contributed by atoms with Crippen LogP contribution in [0.3, 0.4) is 0 Å². The van der Waals surface area contributed by atoms with E-state index >= 15 is 0 Å². The first kappa shape index (κ1) is 23.5. The van der Waals surface area contributed by atoms with Crippen LogP contribution >= 0.6 is 0 Å². The van der Waals surface area contributed by atoms with Gasteiger partial charge in [-0.15, -0.1) is 0 Å². The first-order valence-electron chi connectivity index (χ1n) is 14.1. The van der Waals surface area contributed by atoms with Gasteiger partial charge in [-0.25, -0.2) is 0 Å². The molecule has 0 aliphatic rings. The fourth-order valence-corrected chi connectivity index (χ4v) is 6.46. The minimum absolute atomic E-state index is 1.14. The summed E-state index contributed by atoms with van der Waals surface area (Å²) in [4.78, 5) is 2.41. The molecule has 0 fully saturated rings. The Morgan fingerprint density at radius 1 is 0.293 bits per heavy atom. The van der Waals surface area contributed by atoms with E-state index in [-0.39, 0.29) is 0 Å². The molecule has 0 saturated heterocycles. The predicted molar refractivity (Wildman–Crippen MR) is 177 cm³/mol. The van der Waals surface area contributed by atoms with Crippen LogP contribution in [0.1, 0.15) is 0 Å². The molecule has 0 atom stereocenters. The summed E-state index contributed by atoms with van der Waals surface area (Å²) >= 11 is 0. The molecule has 1 heteroatoms. The van der Waals surface area contributed by atoms with Crippen molar-refractivity contribution in [1.82, 2.24) is 0 Å². The summed E-state index contributed by atoms with van der Waals surface area (Å²) < 4.78 is 0. The first-order valence-corrected chi connectivity index (χ1v) is 14.1. The van der Waals surface area contributed by atoms with Crippen molar-refractivity contribution in [2.24, 2.45) is 0 Å². The second-order valence-corrected chi connectivity index (χ2v) is 10.5. The maximum absolute atomic E-state index is 2.41. The van der Waals surface area contributed by atoms with E-state index in [0.29, 0.717) is 0 Å². The molecule has 41 heavy (non-hydrogen) atoms. The van der Waals surface area contributed by atoms with Gasteiger partial charge >= 0.3 is 0 Å². The third-order valence-corrected chi connectivity index (χ3v) is 8.18. The molecule has 0 bridgehead atoms. The summed E-state index contributed by atoms with van der Waals surface area (Å²) in [6, 6.07) is 59.2. The Morgan fingerprint density at radius 3 is 1.10 bits per heavy atom. The highest BCUT2D eigenvalue weighted by Gasteiger charge is 2.23. The Labute approximate surface area is 239 Å². The van der Waals surface area contributed by atoms with E-state index in [4.69, 9.17) is 0 Å². The third-order valence-electron chi connectivity index (χ3n) is 8.18. The van der Waals surface area contributed by atoms with Crippen LogP contribution in [0.5, 0.6) is 0 Å². The lowest BCUT2D eigenvalue weighted by Crippen LogP contribution is -2.11. The van der Waals surface area contributed by atoms with Gasteiger partial charge in [-0.3, -0.25) is 0 Å². The van der Waals surface area contributed by atoms with Crippen LogP contribution in [-0.4, -0.2) is 0 Å². The smallest absolute Gasteiger partial charge is 0.0618 e. The number of hydrogen-bond donors (Lipinski definition) is 0. The average Bonchev–Trinajstić information content (AvgIpc) is 3.05. The van der Waals surface area contributed by atoms with Crippen molar-refractivity contribution in [1.29, 1.82) is 0 Å². The standard InChI is InChI=1S/C40H27N/c1-3-17-30(18-4-1)41(31-19-5-2-6-20-31)40-36-25-13-11-23-34(36)39(35-24-12-14-26-37(35)40)38-32-21-9-7-15-28(32)27-29-16-8-10-22-33(29)38/h1-27H. The minimum Gasteiger partial charge on any atom is -0.309 e. The first-order chi connectivity index (χ1) is 20.4. The largest absolute Gasteiger partial charge is 0.309 e. The van der Waals surface area contributed by atoms with Crippen LogP contribution in [0.15, 0.2) is 164 Å². The van der Waals surface area contributed by atoms with E-state index in [2.05, 4.69) is 169 Å². The van der Waals surface area contributed by atoms with E-state index in [1.165, 1.54) is 59.9 Å². The van der Waals surface area contributed by atoms with Gasteiger partial charge < -0.3 is 4.90 Å². The Hall–Kier alpha value is -5.40. The van der Waals surface area contributed by atoms with Gasteiger partial charge in [-0.2, -0.15) is 0 Å². The van der Waals surface area contributed by atoms with Gasteiger partial charge in [0.2, 0.25) is 0 Å². The minimum atomic E-state index is 1.14. The van der Waals surface area contributed by atoms with Crippen molar-refractivity contribution in [3.8, 4) is 11.1 Å². The number of benzene rings is 8. The highest BCUT2D eigenvalue weighted by Crippen LogP contribution is 2.50. The molecule has 8 rings (SSSR count). The van der Waals surface area contributed by atoms with Crippen molar-refractivity contribution in [2.45, 2.75) is 0 Å². The summed E-state index contributed by atoms with van der Waals surface area (Å²) in [5, 5.41) is 10.0. The maximum atomic E-state index is 2.41. The van der Waals surface area contributed by atoms with Crippen LogP contribution in [0, 0.1) is 0 Å². The monoisotopic (exact) mass is 521 g/mol. The number of nitrogens with zero attached hydrogens (tertiary/aromatic N) is 1. The molecule has 0 aromatic heterocycles. The van der Waals surface area contributed by atoms with Crippen molar-refractivity contribution >= 4 is 60.2 Å². The summed E-state index contributed by atoms with van der Waals surface area (Å²) in [6.45, 7) is 0. The van der Waals surface area contributed by atoms with Gasteiger partial charge in [0, 0.05) is 22.1 Å². The highest BCUT2D eigenvalue weighted by molar-refractivity contribution is 6.27. The lowest BCUT2D eigenvalue weighted by molar-refractivity contribution is 1.31. The third kappa shape index (κ3) is 3.78. The molecule has 0 unspecified atom stereocenters. The second-order valence-electron chi connectivity index (χ2n) is 10.5. The topological polar surface area (TPSA) is 3.24 Å². The van der Waals surface area contributed by atoms with Crippen molar-refractivity contribution in [3.05, 3.63) is 164 Å². The van der Waals surface area contributed by atoms with E-state index in [0.717, 1.165) is 11.4 Å². The zero-order valence-electron chi connectivity index (χ0n) is 22.5. The molecule has 0 aliphatic carbocycles. The van der Waals surface area contributed by atoms with E-state index in [9.17, 15) is 0 Å². The Morgan fingerprint density at radius 2 is 0.634 bits per heavy atom. The zero-order valence-corrected chi connectivity index (χ0v) is 22.5. The molecular weight excluding hydrogens is 494 g/mol. The molecular formula is C40H27N. The van der Waals surface area contributed by atoms with Crippen LogP contribution in [-0.2, 0) is 0 Å². The number of fused-ring (bicyclic) bond motifs is 4. The van der Waals surface area contributed by atoms with Gasteiger partial charge in [0.1, 0.15) is 0 Å². The quantitative estimate of drug-likeness (QED) is 0.208. The number of anilines is 3. The summed E-state index contributed by atoms with van der Waals surface area (Å²) in [6.07, 6.45) is 0. The Bertz CT molecular complexity index is 2050. The van der Waals surface area contributed by atoms with Crippen molar-refractivity contribution in [3.63, 3.8) is 0 Å². The molecule has 8 aromatic rings. The zero-order chi connectivity index (χ0) is 27.2. The molecule has 0 radical (unpaired) electrons. The van der Waals surface area contributed by atoms with Gasteiger partial charge in [0.15, 0.2) is 0 Å². The van der Waals surface area contributed by atoms with Crippen LogP contribution in [0.25, 0.3) is 54.2 Å². The fourth-order valence-electron chi connectivity index (χ4n) is 6.46. The SMILES string of the molecule is c1ccc(N(c2ccccc2)c2c3ccccc3c(-c3c4ccccc4cc4ccccc34)c3ccccc23)cc1. The van der Waals surface area contributed by atoms with E-state index in [1.807, 2.05) is 0 Å². The number of rotatable bonds is 4. The summed E-state index contributed by atoms with van der Waals surface area (Å²) in [7, 11) is 0. The molecule has 0 aliphatic heterocycles. The Balaban J connectivity index is 1.58. The molecule has 8 aromatic carbocycles. The van der Waals surface area contributed by atoms with Gasteiger partial charge in [0.25, 0.3) is 0 Å². The van der Waals surface area contributed by atoms with E-state index in [1.54, 1.807) is 0 Å². The molecule has 0 spiro atoms. The molecule has 192 valence electrons. The van der Waals surface area contributed by atoms with Crippen LogP contribution in [0.2, 0.25) is 0 Å². The maximum Gasteiger partial charge on any atom is 0.0618 e. The molecule has 0 heterocycles. The van der Waals surface area contributed by atoms with Gasteiger partial charge in [-0.05, 0) is 73.8 Å². The number of hydrogen-bond acceptors (Lipinski definition) is 1. The number of para-hydroxylation sites is 2. The van der Waals surface area contributed by atoms with Gasteiger partial charge in [-0.1, -0.05) is 133 Å².